The van der Waals surface area contributed by atoms with Crippen molar-refractivity contribution in [1.82, 2.24) is 0 Å². The molecular formula is C4H2Ag2O4. The first kappa shape index (κ1) is 16.6. The second-order valence-corrected chi connectivity index (χ2v) is 0.971. The van der Waals surface area contributed by atoms with E-state index in [1.807, 2.05) is 0 Å². The van der Waals surface area contributed by atoms with Crippen LogP contribution in [-0.4, -0.2) is 11.9 Å². The van der Waals surface area contributed by atoms with Crippen LogP contribution in [0.5, 0.6) is 0 Å². The van der Waals surface area contributed by atoms with Crippen molar-refractivity contribution in [2.24, 2.45) is 0 Å². The molecule has 0 aliphatic heterocycles. The molecule has 0 saturated heterocycles. The van der Waals surface area contributed by atoms with Gasteiger partial charge in [0.25, 0.3) is 0 Å². The van der Waals surface area contributed by atoms with Crippen molar-refractivity contribution in [3.05, 3.63) is 12.2 Å². The zero-order chi connectivity index (χ0) is 6.57. The summed E-state index contributed by atoms with van der Waals surface area (Å²) >= 11 is 0. The molecule has 0 aliphatic carbocycles. The number of aliphatic carboxylic acids is 2. The van der Waals surface area contributed by atoms with E-state index in [2.05, 4.69) is 0 Å². The molecule has 0 radical (unpaired) electrons. The molecule has 0 atom stereocenters. The van der Waals surface area contributed by atoms with Gasteiger partial charge < -0.3 is 19.8 Å². The Hall–Kier alpha value is 0.161. The average Bonchev–Trinajstić information content (AvgIpc) is 1.61. The Bertz CT molecular complexity index is 126. The van der Waals surface area contributed by atoms with Crippen LogP contribution in [0.3, 0.4) is 0 Å². The van der Waals surface area contributed by atoms with E-state index in [4.69, 9.17) is 0 Å². The third-order valence-electron chi connectivity index (χ3n) is 0.355. The molecule has 10 heavy (non-hydrogen) atoms. The molecule has 0 amide bonds. The molecule has 0 N–H and O–H groups in total. The van der Waals surface area contributed by atoms with E-state index in [-0.39, 0.29) is 44.8 Å². The minimum atomic E-state index is -1.55. The standard InChI is InChI=1S/C4H4O4.2Ag/c5-3(6)1-2-4(7)8;;/h1-2H,(H,5,6)(H,7,8);;/q;2*+1/p-2/b2-1+;;. The number of hydrogen-bond acceptors (Lipinski definition) is 4. The van der Waals surface area contributed by atoms with E-state index in [9.17, 15) is 19.8 Å². The maximum Gasteiger partial charge on any atom is 1.00 e. The minimum absolute atomic E-state index is 0. The van der Waals surface area contributed by atoms with Gasteiger partial charge in [0.2, 0.25) is 0 Å². The van der Waals surface area contributed by atoms with Gasteiger partial charge in [0.05, 0.1) is 11.9 Å². The van der Waals surface area contributed by atoms with E-state index in [0.29, 0.717) is 12.2 Å². The quantitative estimate of drug-likeness (QED) is 0.400. The third kappa shape index (κ3) is 15.7. The van der Waals surface area contributed by atoms with Crippen LogP contribution in [0.25, 0.3) is 0 Å². The first-order valence-electron chi connectivity index (χ1n) is 1.73. The molecule has 0 aromatic rings. The largest absolute Gasteiger partial charge is 1.00 e. The van der Waals surface area contributed by atoms with E-state index in [1.54, 1.807) is 0 Å². The van der Waals surface area contributed by atoms with Gasteiger partial charge in [-0.3, -0.25) is 0 Å². The van der Waals surface area contributed by atoms with Gasteiger partial charge >= 0.3 is 44.8 Å². The monoisotopic (exact) mass is 328 g/mol. The summed E-state index contributed by atoms with van der Waals surface area (Å²) in [4.78, 5) is 18.8. The third-order valence-corrected chi connectivity index (χ3v) is 0.355. The zero-order valence-corrected chi connectivity index (χ0v) is 7.36. The van der Waals surface area contributed by atoms with Crippen LogP contribution in [-0.2, 0) is 54.3 Å². The molecule has 0 unspecified atom stereocenters. The molecule has 0 aliphatic rings. The Balaban J connectivity index is -0.000000245. The maximum absolute atomic E-state index is 9.41. The summed E-state index contributed by atoms with van der Waals surface area (Å²) in [5, 5.41) is 18.8. The van der Waals surface area contributed by atoms with Gasteiger partial charge in [-0.05, 0) is 12.2 Å². The van der Waals surface area contributed by atoms with Crippen LogP contribution in [0.4, 0.5) is 0 Å². The Labute approximate surface area is 88.3 Å². The van der Waals surface area contributed by atoms with E-state index in [0.717, 1.165) is 0 Å². The van der Waals surface area contributed by atoms with Gasteiger partial charge in [0.1, 0.15) is 0 Å². The first-order chi connectivity index (χ1) is 3.63. The molecule has 6 heteroatoms. The second-order valence-electron chi connectivity index (χ2n) is 0.971. The molecule has 0 spiro atoms. The summed E-state index contributed by atoms with van der Waals surface area (Å²) in [5.41, 5.74) is 0. The van der Waals surface area contributed by atoms with E-state index < -0.39 is 11.9 Å². The van der Waals surface area contributed by atoms with Gasteiger partial charge in [-0.15, -0.1) is 0 Å². The van der Waals surface area contributed by atoms with Gasteiger partial charge in [0.15, 0.2) is 0 Å². The number of carbonyl (C=O) groups is 2. The average molecular weight is 330 g/mol. The van der Waals surface area contributed by atoms with Crippen LogP contribution >= 0.6 is 0 Å². The zero-order valence-electron chi connectivity index (χ0n) is 4.39. The molecular weight excluding hydrogens is 328 g/mol. The molecule has 64 valence electrons. The van der Waals surface area contributed by atoms with Crippen LogP contribution < -0.4 is 10.2 Å². The van der Waals surface area contributed by atoms with Crippen molar-refractivity contribution in [2.45, 2.75) is 0 Å². The molecule has 4 nitrogen and oxygen atoms in total. The number of carboxylic acid groups (broad SMARTS) is 2. The Kier molecular flexibility index (Phi) is 15.2. The topological polar surface area (TPSA) is 80.3 Å². The fraction of sp³-hybridized carbons (Fsp3) is 0. The number of carbonyl (C=O) groups excluding carboxylic acids is 2. The fourth-order valence-electron chi connectivity index (χ4n) is 0.136. The molecule has 0 saturated carbocycles. The molecule has 0 aromatic heterocycles. The number of hydrogen-bond donors (Lipinski definition) is 0. The van der Waals surface area contributed by atoms with Crippen molar-refractivity contribution in [2.75, 3.05) is 0 Å². The van der Waals surface area contributed by atoms with Crippen molar-refractivity contribution in [3.8, 4) is 0 Å². The van der Waals surface area contributed by atoms with Crippen LogP contribution in [0.15, 0.2) is 12.2 Å². The number of carboxylic acids is 2. The maximum atomic E-state index is 9.41. The van der Waals surface area contributed by atoms with Gasteiger partial charge in [-0.25, -0.2) is 0 Å². The van der Waals surface area contributed by atoms with Crippen LogP contribution in [0.2, 0.25) is 0 Å². The Morgan fingerprint density at radius 3 is 1.20 bits per heavy atom. The molecule has 0 aromatic carbocycles. The summed E-state index contributed by atoms with van der Waals surface area (Å²) in [6, 6.07) is 0. The summed E-state index contributed by atoms with van der Waals surface area (Å²) < 4.78 is 0. The van der Waals surface area contributed by atoms with Crippen molar-refractivity contribution < 1.29 is 64.6 Å². The van der Waals surface area contributed by atoms with Gasteiger partial charge in [-0.1, -0.05) is 0 Å². The molecule has 0 bridgehead atoms. The van der Waals surface area contributed by atoms with Crippen LogP contribution in [0.1, 0.15) is 0 Å². The Morgan fingerprint density at radius 1 is 0.900 bits per heavy atom. The first-order valence-corrected chi connectivity index (χ1v) is 1.73. The SMILES string of the molecule is O=C([O-])/C=C/C(=O)[O-].[Ag+].[Ag+]. The Morgan fingerprint density at radius 2 is 1.10 bits per heavy atom. The summed E-state index contributed by atoms with van der Waals surface area (Å²) in [7, 11) is 0. The fourth-order valence-corrected chi connectivity index (χ4v) is 0.136. The van der Waals surface area contributed by atoms with E-state index in [1.165, 1.54) is 0 Å². The summed E-state index contributed by atoms with van der Waals surface area (Å²) in [5.74, 6) is -3.09. The minimum Gasteiger partial charge on any atom is -0.545 e. The van der Waals surface area contributed by atoms with Gasteiger partial charge in [-0.2, -0.15) is 0 Å². The van der Waals surface area contributed by atoms with Crippen molar-refractivity contribution >= 4 is 11.9 Å². The van der Waals surface area contributed by atoms with Gasteiger partial charge in [0, 0.05) is 0 Å². The van der Waals surface area contributed by atoms with Crippen LogP contribution in [0, 0.1) is 0 Å². The molecule has 0 rings (SSSR count). The van der Waals surface area contributed by atoms with Crippen molar-refractivity contribution in [3.63, 3.8) is 0 Å². The predicted molar refractivity (Wildman–Crippen MR) is 19.2 cm³/mol. The summed E-state index contributed by atoms with van der Waals surface area (Å²) in [6.07, 6.45) is 0.769. The predicted octanol–water partition coefficient (Wildman–Crippen LogP) is -2.96. The normalized spacial score (nSPS) is 7.60. The smallest absolute Gasteiger partial charge is 0.545 e. The van der Waals surface area contributed by atoms with E-state index >= 15 is 0 Å². The molecule has 0 heterocycles. The second kappa shape index (κ2) is 9.16. The van der Waals surface area contributed by atoms with Crippen molar-refractivity contribution in [1.29, 1.82) is 0 Å². The number of rotatable bonds is 2. The molecule has 0 fully saturated rings. The summed E-state index contributed by atoms with van der Waals surface area (Å²) in [6.45, 7) is 0.